The monoisotopic (exact) mass is 300 g/mol. The maximum absolute atomic E-state index is 12.1. The van der Waals surface area contributed by atoms with Crippen LogP contribution in [0.5, 0.6) is 0 Å². The smallest absolute Gasteiger partial charge is 0.275 e. The van der Waals surface area contributed by atoms with Crippen LogP contribution < -0.4 is 10.6 Å². The molecule has 1 aromatic carbocycles. The standard InChI is InChI=1S/C16H20N4O2/c1-12-4-6-13(7-5-12)20-16(21)14-10-19-15(11-18-14)17-8-3-9-22-2/h4-7,10-11H,3,8-9H2,1-2H3,(H,17,19)(H,20,21). The first-order valence-corrected chi connectivity index (χ1v) is 7.12. The number of nitrogens with zero attached hydrogens (tertiary/aromatic N) is 2. The van der Waals surface area contributed by atoms with E-state index in [2.05, 4.69) is 20.6 Å². The van der Waals surface area contributed by atoms with E-state index < -0.39 is 0 Å². The van der Waals surface area contributed by atoms with Gasteiger partial charge in [0, 0.05) is 25.9 Å². The lowest BCUT2D eigenvalue weighted by Gasteiger charge is -2.07. The summed E-state index contributed by atoms with van der Waals surface area (Å²) in [5, 5.41) is 5.90. The molecule has 0 atom stereocenters. The number of amides is 1. The molecule has 22 heavy (non-hydrogen) atoms. The Labute approximate surface area is 129 Å². The summed E-state index contributed by atoms with van der Waals surface area (Å²) in [7, 11) is 1.67. The second kappa shape index (κ2) is 8.09. The first-order valence-electron chi connectivity index (χ1n) is 7.12. The van der Waals surface area contributed by atoms with Crippen molar-refractivity contribution in [1.82, 2.24) is 9.97 Å². The average Bonchev–Trinajstić information content (AvgIpc) is 2.54. The van der Waals surface area contributed by atoms with E-state index in [4.69, 9.17) is 4.74 Å². The van der Waals surface area contributed by atoms with Crippen molar-refractivity contribution in [3.05, 3.63) is 47.9 Å². The molecule has 6 heteroatoms. The highest BCUT2D eigenvalue weighted by atomic mass is 16.5. The molecule has 116 valence electrons. The molecule has 0 saturated heterocycles. The number of hydrogen-bond acceptors (Lipinski definition) is 5. The average molecular weight is 300 g/mol. The van der Waals surface area contributed by atoms with Crippen LogP contribution in [-0.2, 0) is 4.74 Å². The van der Waals surface area contributed by atoms with Crippen molar-refractivity contribution in [3.8, 4) is 0 Å². The molecule has 1 aromatic heterocycles. The molecule has 6 nitrogen and oxygen atoms in total. The predicted molar refractivity (Wildman–Crippen MR) is 86.1 cm³/mol. The van der Waals surface area contributed by atoms with Gasteiger partial charge in [-0.15, -0.1) is 0 Å². The van der Waals surface area contributed by atoms with Crippen LogP contribution in [0.15, 0.2) is 36.7 Å². The van der Waals surface area contributed by atoms with Gasteiger partial charge in [-0.05, 0) is 25.5 Å². The van der Waals surface area contributed by atoms with E-state index in [-0.39, 0.29) is 11.6 Å². The van der Waals surface area contributed by atoms with Gasteiger partial charge in [-0.2, -0.15) is 0 Å². The van der Waals surface area contributed by atoms with Crippen LogP contribution >= 0.6 is 0 Å². The lowest BCUT2D eigenvalue weighted by Crippen LogP contribution is -2.14. The zero-order valence-corrected chi connectivity index (χ0v) is 12.8. The van der Waals surface area contributed by atoms with Gasteiger partial charge >= 0.3 is 0 Å². The summed E-state index contributed by atoms with van der Waals surface area (Å²) in [5.74, 6) is 0.366. The van der Waals surface area contributed by atoms with Gasteiger partial charge in [0.2, 0.25) is 0 Å². The van der Waals surface area contributed by atoms with Gasteiger partial charge in [-0.25, -0.2) is 9.97 Å². The molecule has 0 aliphatic carbocycles. The molecule has 0 unspecified atom stereocenters. The first-order chi connectivity index (χ1) is 10.7. The number of rotatable bonds is 7. The van der Waals surface area contributed by atoms with Crippen molar-refractivity contribution in [3.63, 3.8) is 0 Å². The van der Waals surface area contributed by atoms with Crippen molar-refractivity contribution in [2.45, 2.75) is 13.3 Å². The van der Waals surface area contributed by atoms with E-state index in [1.807, 2.05) is 31.2 Å². The van der Waals surface area contributed by atoms with Crippen LogP contribution in [0.2, 0.25) is 0 Å². The molecule has 2 aromatic rings. The maximum atomic E-state index is 12.1. The Morgan fingerprint density at radius 2 is 1.95 bits per heavy atom. The minimum atomic E-state index is -0.276. The van der Waals surface area contributed by atoms with E-state index in [1.54, 1.807) is 13.3 Å². The van der Waals surface area contributed by atoms with Gasteiger partial charge in [0.15, 0.2) is 0 Å². The molecule has 0 bridgehead atoms. The molecule has 0 aliphatic rings. The Morgan fingerprint density at radius 1 is 1.18 bits per heavy atom. The van der Waals surface area contributed by atoms with Crippen LogP contribution in [-0.4, -0.2) is 36.1 Å². The van der Waals surface area contributed by atoms with Crippen LogP contribution in [0.4, 0.5) is 11.5 Å². The fraction of sp³-hybridized carbons (Fsp3) is 0.312. The topological polar surface area (TPSA) is 76.1 Å². The van der Waals surface area contributed by atoms with Crippen LogP contribution in [0, 0.1) is 6.92 Å². The second-order valence-electron chi connectivity index (χ2n) is 4.88. The second-order valence-corrected chi connectivity index (χ2v) is 4.88. The number of aryl methyl sites for hydroxylation is 1. The fourth-order valence-corrected chi connectivity index (χ4v) is 1.80. The van der Waals surface area contributed by atoms with Crippen molar-refractivity contribution < 1.29 is 9.53 Å². The molecule has 2 rings (SSSR count). The molecule has 2 N–H and O–H groups in total. The Bertz CT molecular complexity index is 597. The van der Waals surface area contributed by atoms with Gasteiger partial charge in [0.05, 0.1) is 12.4 Å². The molecule has 0 fully saturated rings. The number of nitrogens with one attached hydrogen (secondary N) is 2. The predicted octanol–water partition coefficient (Wildman–Crippen LogP) is 2.49. The van der Waals surface area contributed by atoms with E-state index >= 15 is 0 Å². The summed E-state index contributed by atoms with van der Waals surface area (Å²) in [5.41, 5.74) is 2.16. The number of anilines is 2. The van der Waals surface area contributed by atoms with E-state index in [0.717, 1.165) is 24.2 Å². The van der Waals surface area contributed by atoms with Crippen molar-refractivity contribution in [1.29, 1.82) is 0 Å². The van der Waals surface area contributed by atoms with Crippen molar-refractivity contribution in [2.75, 3.05) is 30.9 Å². The summed E-state index contributed by atoms with van der Waals surface area (Å²) >= 11 is 0. The maximum Gasteiger partial charge on any atom is 0.275 e. The Kier molecular flexibility index (Phi) is 5.85. The minimum Gasteiger partial charge on any atom is -0.385 e. The van der Waals surface area contributed by atoms with Gasteiger partial charge in [-0.3, -0.25) is 4.79 Å². The van der Waals surface area contributed by atoms with Crippen LogP contribution in [0.1, 0.15) is 22.5 Å². The third kappa shape index (κ3) is 4.82. The number of methoxy groups -OCH3 is 1. The quantitative estimate of drug-likeness (QED) is 0.768. The molecule has 0 aliphatic heterocycles. The largest absolute Gasteiger partial charge is 0.385 e. The zero-order valence-electron chi connectivity index (χ0n) is 12.8. The lowest BCUT2D eigenvalue weighted by atomic mass is 10.2. The molecule has 0 spiro atoms. The molecular formula is C16H20N4O2. The number of aromatic nitrogens is 2. The lowest BCUT2D eigenvalue weighted by molar-refractivity contribution is 0.102. The number of benzene rings is 1. The summed E-state index contributed by atoms with van der Waals surface area (Å²) in [6.45, 7) is 3.43. The Morgan fingerprint density at radius 3 is 2.59 bits per heavy atom. The Balaban J connectivity index is 1.89. The fourth-order valence-electron chi connectivity index (χ4n) is 1.80. The summed E-state index contributed by atoms with van der Waals surface area (Å²) in [4.78, 5) is 20.4. The highest BCUT2D eigenvalue weighted by Crippen LogP contribution is 2.10. The molecule has 1 heterocycles. The van der Waals surface area contributed by atoms with Gasteiger partial charge in [0.1, 0.15) is 11.5 Å². The van der Waals surface area contributed by atoms with E-state index in [1.165, 1.54) is 6.20 Å². The minimum absolute atomic E-state index is 0.276. The zero-order chi connectivity index (χ0) is 15.8. The molecule has 0 radical (unpaired) electrons. The first kappa shape index (κ1) is 15.9. The van der Waals surface area contributed by atoms with Gasteiger partial charge in [-0.1, -0.05) is 17.7 Å². The van der Waals surface area contributed by atoms with Crippen molar-refractivity contribution in [2.24, 2.45) is 0 Å². The van der Waals surface area contributed by atoms with Gasteiger partial charge in [0.25, 0.3) is 5.91 Å². The highest BCUT2D eigenvalue weighted by Gasteiger charge is 2.08. The van der Waals surface area contributed by atoms with Gasteiger partial charge < -0.3 is 15.4 Å². The SMILES string of the molecule is COCCCNc1cnc(C(=O)Nc2ccc(C)cc2)cn1. The summed E-state index contributed by atoms with van der Waals surface area (Å²) < 4.78 is 4.97. The normalized spacial score (nSPS) is 10.3. The van der Waals surface area contributed by atoms with E-state index in [9.17, 15) is 4.79 Å². The highest BCUT2D eigenvalue weighted by molar-refractivity contribution is 6.02. The third-order valence-corrected chi connectivity index (χ3v) is 3.03. The molecule has 1 amide bonds. The summed E-state index contributed by atoms with van der Waals surface area (Å²) in [6.07, 6.45) is 3.90. The third-order valence-electron chi connectivity index (χ3n) is 3.03. The summed E-state index contributed by atoms with van der Waals surface area (Å²) in [6, 6.07) is 7.58. The van der Waals surface area contributed by atoms with Crippen LogP contribution in [0.25, 0.3) is 0 Å². The van der Waals surface area contributed by atoms with Crippen LogP contribution in [0.3, 0.4) is 0 Å². The Hall–Kier alpha value is -2.47. The molecular weight excluding hydrogens is 280 g/mol. The number of ether oxygens (including phenoxy) is 1. The number of hydrogen-bond donors (Lipinski definition) is 2. The van der Waals surface area contributed by atoms with Crippen molar-refractivity contribution >= 4 is 17.4 Å². The number of carbonyl (C=O) groups excluding carboxylic acids is 1. The van der Waals surface area contributed by atoms with E-state index in [0.29, 0.717) is 12.4 Å². The number of carbonyl (C=O) groups is 1. The molecule has 0 saturated carbocycles.